The summed E-state index contributed by atoms with van der Waals surface area (Å²) in [6.45, 7) is 0.960. The van der Waals surface area contributed by atoms with Crippen molar-refractivity contribution in [2.24, 2.45) is 0 Å². The van der Waals surface area contributed by atoms with E-state index >= 15 is 0 Å². The summed E-state index contributed by atoms with van der Waals surface area (Å²) in [4.78, 5) is 11.4. The first-order valence-corrected chi connectivity index (χ1v) is 5.30. The van der Waals surface area contributed by atoms with E-state index in [1.807, 2.05) is 0 Å². The molecule has 1 saturated heterocycles. The number of carbonyl (C=O) groups is 1. The predicted molar refractivity (Wildman–Crippen MR) is 50.4 cm³/mol. The first-order chi connectivity index (χ1) is 6.34. The van der Waals surface area contributed by atoms with Crippen LogP contribution >= 0.6 is 0 Å². The summed E-state index contributed by atoms with van der Waals surface area (Å²) in [5.74, 6) is 0.207. The highest BCUT2D eigenvalue weighted by Crippen LogP contribution is 2.19. The molecule has 2 fully saturated rings. The largest absolute Gasteiger partial charge is 0.353 e. The average Bonchev–Trinajstić information content (AvgIpc) is 2.90. The molecule has 0 bridgehead atoms. The van der Waals surface area contributed by atoms with Crippen molar-refractivity contribution >= 4 is 5.91 Å². The Morgan fingerprint density at radius 2 is 2.15 bits per heavy atom. The molecule has 2 aliphatic rings. The Morgan fingerprint density at radius 3 is 2.77 bits per heavy atom. The summed E-state index contributed by atoms with van der Waals surface area (Å²) in [6.07, 6.45) is 6.53. The van der Waals surface area contributed by atoms with Crippen molar-refractivity contribution in [1.82, 2.24) is 10.6 Å². The standard InChI is InChI=1S/C10H17N2O/c13-10(12-8-4-5-8)7-9-3-1-2-6-11-9/h8-9H,1-7H2,(H,12,13). The Kier molecular flexibility index (Phi) is 2.83. The van der Waals surface area contributed by atoms with Gasteiger partial charge in [-0.25, -0.2) is 5.32 Å². The van der Waals surface area contributed by atoms with E-state index in [0.717, 1.165) is 13.0 Å². The van der Waals surface area contributed by atoms with Crippen molar-refractivity contribution in [3.8, 4) is 0 Å². The summed E-state index contributed by atoms with van der Waals surface area (Å²) in [6, 6.07) is 0.809. The molecule has 0 aromatic rings. The van der Waals surface area contributed by atoms with Gasteiger partial charge in [0, 0.05) is 25.0 Å². The minimum atomic E-state index is 0.207. The molecule has 1 aliphatic heterocycles. The number of carbonyl (C=O) groups excluding carboxylic acids is 1. The quantitative estimate of drug-likeness (QED) is 0.688. The van der Waals surface area contributed by atoms with E-state index in [1.165, 1.54) is 25.7 Å². The number of nitrogens with one attached hydrogen (secondary N) is 1. The fourth-order valence-electron chi connectivity index (χ4n) is 1.75. The van der Waals surface area contributed by atoms with Crippen molar-refractivity contribution in [2.45, 2.75) is 50.6 Å². The van der Waals surface area contributed by atoms with Gasteiger partial charge in [0.05, 0.1) is 0 Å². The molecule has 1 radical (unpaired) electrons. The molecule has 13 heavy (non-hydrogen) atoms. The van der Waals surface area contributed by atoms with Crippen LogP contribution in [0.15, 0.2) is 0 Å². The molecule has 3 nitrogen and oxygen atoms in total. The Hall–Kier alpha value is -0.570. The molecule has 2 rings (SSSR count). The van der Waals surface area contributed by atoms with Gasteiger partial charge in [0.2, 0.25) is 5.91 Å². The zero-order chi connectivity index (χ0) is 9.10. The third-order valence-electron chi connectivity index (χ3n) is 2.70. The number of piperidine rings is 1. The number of rotatable bonds is 3. The molecule has 0 aromatic carbocycles. The van der Waals surface area contributed by atoms with E-state index in [1.54, 1.807) is 0 Å². The fraction of sp³-hybridized carbons (Fsp3) is 0.900. The molecule has 1 amide bonds. The molecule has 3 heteroatoms. The van der Waals surface area contributed by atoms with Crippen LogP contribution in [0, 0.1) is 0 Å². The second-order valence-electron chi connectivity index (χ2n) is 4.10. The predicted octanol–water partition coefficient (Wildman–Crippen LogP) is 0.812. The van der Waals surface area contributed by atoms with Crippen molar-refractivity contribution in [2.75, 3.05) is 6.54 Å². The molecule has 73 valence electrons. The molecule has 1 saturated carbocycles. The molecule has 1 N–H and O–H groups in total. The maximum atomic E-state index is 11.4. The highest BCUT2D eigenvalue weighted by atomic mass is 16.1. The number of amides is 1. The summed E-state index contributed by atoms with van der Waals surface area (Å²) < 4.78 is 0. The van der Waals surface area contributed by atoms with Gasteiger partial charge in [0.15, 0.2) is 0 Å². The Bertz CT molecular complexity index is 183. The van der Waals surface area contributed by atoms with Crippen LogP contribution in [0.5, 0.6) is 0 Å². The molecule has 1 atom stereocenters. The van der Waals surface area contributed by atoms with Crippen LogP contribution in [-0.4, -0.2) is 24.5 Å². The third-order valence-corrected chi connectivity index (χ3v) is 2.70. The lowest BCUT2D eigenvalue weighted by atomic mass is 10.0. The highest BCUT2D eigenvalue weighted by molar-refractivity contribution is 5.77. The van der Waals surface area contributed by atoms with E-state index in [4.69, 9.17) is 0 Å². The summed E-state index contributed by atoms with van der Waals surface area (Å²) in [5.41, 5.74) is 0. The van der Waals surface area contributed by atoms with Crippen molar-refractivity contribution < 1.29 is 4.79 Å². The van der Waals surface area contributed by atoms with Crippen LogP contribution < -0.4 is 10.6 Å². The van der Waals surface area contributed by atoms with Crippen LogP contribution in [0.2, 0.25) is 0 Å². The van der Waals surface area contributed by atoms with Crippen LogP contribution in [0.25, 0.3) is 0 Å². The Morgan fingerprint density at radius 1 is 1.31 bits per heavy atom. The second-order valence-corrected chi connectivity index (χ2v) is 4.10. The molecule has 1 unspecified atom stereocenters. The minimum absolute atomic E-state index is 0.207. The summed E-state index contributed by atoms with van der Waals surface area (Å²) in [5, 5.41) is 7.44. The first-order valence-electron chi connectivity index (χ1n) is 5.30. The van der Waals surface area contributed by atoms with Gasteiger partial charge in [0.1, 0.15) is 0 Å². The monoisotopic (exact) mass is 181 g/mol. The SMILES string of the molecule is O=C(CC1CCCC[N]1)NC1CC1. The smallest absolute Gasteiger partial charge is 0.221 e. The maximum Gasteiger partial charge on any atom is 0.221 e. The highest BCUT2D eigenvalue weighted by Gasteiger charge is 2.25. The number of nitrogens with zero attached hydrogens (tertiary/aromatic N) is 1. The second kappa shape index (κ2) is 4.09. The van der Waals surface area contributed by atoms with Gasteiger partial charge < -0.3 is 5.32 Å². The van der Waals surface area contributed by atoms with Gasteiger partial charge in [-0.05, 0) is 25.7 Å². The average molecular weight is 181 g/mol. The zero-order valence-electron chi connectivity index (χ0n) is 7.96. The van der Waals surface area contributed by atoms with E-state index in [9.17, 15) is 4.79 Å². The van der Waals surface area contributed by atoms with Gasteiger partial charge in [-0.15, -0.1) is 0 Å². The van der Waals surface area contributed by atoms with E-state index in [-0.39, 0.29) is 5.91 Å². The molecule has 0 spiro atoms. The topological polar surface area (TPSA) is 43.2 Å². The molecular weight excluding hydrogens is 164 g/mol. The lowest BCUT2D eigenvalue weighted by Crippen LogP contribution is -2.35. The van der Waals surface area contributed by atoms with E-state index in [0.29, 0.717) is 18.5 Å². The molecule has 0 aromatic heterocycles. The van der Waals surface area contributed by atoms with Crippen molar-refractivity contribution in [1.29, 1.82) is 0 Å². The lowest BCUT2D eigenvalue weighted by molar-refractivity contribution is -0.121. The Balaban J connectivity index is 1.66. The summed E-state index contributed by atoms with van der Waals surface area (Å²) >= 11 is 0. The van der Waals surface area contributed by atoms with Crippen LogP contribution in [0.1, 0.15) is 38.5 Å². The molecular formula is C10H17N2O. The Labute approximate surface area is 79.3 Å². The first kappa shape index (κ1) is 9.00. The van der Waals surface area contributed by atoms with E-state index in [2.05, 4.69) is 10.6 Å². The maximum absolute atomic E-state index is 11.4. The van der Waals surface area contributed by atoms with Crippen LogP contribution in [-0.2, 0) is 4.79 Å². The zero-order valence-corrected chi connectivity index (χ0v) is 7.96. The van der Waals surface area contributed by atoms with Gasteiger partial charge >= 0.3 is 0 Å². The van der Waals surface area contributed by atoms with Crippen LogP contribution in [0.4, 0.5) is 0 Å². The molecule has 1 heterocycles. The van der Waals surface area contributed by atoms with Crippen molar-refractivity contribution in [3.63, 3.8) is 0 Å². The van der Waals surface area contributed by atoms with Gasteiger partial charge in [-0.3, -0.25) is 4.79 Å². The summed E-state index contributed by atoms with van der Waals surface area (Å²) in [7, 11) is 0. The van der Waals surface area contributed by atoms with E-state index < -0.39 is 0 Å². The van der Waals surface area contributed by atoms with Crippen molar-refractivity contribution in [3.05, 3.63) is 0 Å². The third kappa shape index (κ3) is 2.99. The fourth-order valence-corrected chi connectivity index (χ4v) is 1.75. The number of hydrogen-bond acceptors (Lipinski definition) is 1. The normalized spacial score (nSPS) is 28.5. The lowest BCUT2D eigenvalue weighted by Gasteiger charge is -2.20. The minimum Gasteiger partial charge on any atom is -0.353 e. The van der Waals surface area contributed by atoms with Crippen LogP contribution in [0.3, 0.4) is 0 Å². The molecule has 1 aliphatic carbocycles. The van der Waals surface area contributed by atoms with Gasteiger partial charge in [-0.2, -0.15) is 0 Å². The number of hydrogen-bond donors (Lipinski definition) is 1. The van der Waals surface area contributed by atoms with Gasteiger partial charge in [0.25, 0.3) is 0 Å². The van der Waals surface area contributed by atoms with Gasteiger partial charge in [-0.1, -0.05) is 6.42 Å².